The Hall–Kier alpha value is -2.27. The molecule has 2 amide bonds. The number of amides is 2. The summed E-state index contributed by atoms with van der Waals surface area (Å²) >= 11 is 1.62. The number of hydrogen-bond acceptors (Lipinski definition) is 3. The van der Waals surface area contributed by atoms with Gasteiger partial charge >= 0.3 is 0 Å². The minimum absolute atomic E-state index is 0.00416. The number of benzene rings is 2. The predicted molar refractivity (Wildman–Crippen MR) is 125 cm³/mol. The molecule has 0 atom stereocenters. The van der Waals surface area contributed by atoms with Gasteiger partial charge in [0.15, 0.2) is 0 Å². The van der Waals surface area contributed by atoms with Crippen molar-refractivity contribution in [3.63, 3.8) is 0 Å². The van der Waals surface area contributed by atoms with Crippen LogP contribution in [-0.4, -0.2) is 23.3 Å². The van der Waals surface area contributed by atoms with Gasteiger partial charge in [0.2, 0.25) is 11.8 Å². The quantitative estimate of drug-likeness (QED) is 0.469. The fourth-order valence-electron chi connectivity index (χ4n) is 2.78. The summed E-state index contributed by atoms with van der Waals surface area (Å²) in [5, 5.41) is 5.84. The van der Waals surface area contributed by atoms with Crippen LogP contribution in [0.15, 0.2) is 48.5 Å². The molecule has 0 fully saturated rings. The van der Waals surface area contributed by atoms with Crippen molar-refractivity contribution >= 4 is 35.0 Å². The van der Waals surface area contributed by atoms with Crippen molar-refractivity contribution in [2.75, 3.05) is 22.1 Å². The van der Waals surface area contributed by atoms with E-state index in [9.17, 15) is 9.59 Å². The summed E-state index contributed by atoms with van der Waals surface area (Å²) in [6, 6.07) is 16.0. The van der Waals surface area contributed by atoms with Gasteiger partial charge in [-0.2, -0.15) is 11.8 Å². The Morgan fingerprint density at radius 1 is 0.690 bits per heavy atom. The van der Waals surface area contributed by atoms with E-state index < -0.39 is 0 Å². The van der Waals surface area contributed by atoms with Crippen LogP contribution in [0.4, 0.5) is 11.4 Å². The maximum absolute atomic E-state index is 12.0. The van der Waals surface area contributed by atoms with Gasteiger partial charge in [-0.25, -0.2) is 0 Å². The predicted octanol–water partition coefficient (Wildman–Crippen LogP) is 6.02. The maximum Gasteiger partial charge on any atom is 0.225 e. The topological polar surface area (TPSA) is 58.2 Å². The van der Waals surface area contributed by atoms with Gasteiger partial charge in [-0.1, -0.05) is 52.0 Å². The minimum atomic E-state index is 0.00416. The fourth-order valence-corrected chi connectivity index (χ4v) is 3.65. The molecular weight excluding hydrogens is 380 g/mol. The van der Waals surface area contributed by atoms with Gasteiger partial charge in [0.1, 0.15) is 0 Å². The Kier molecular flexibility index (Phi) is 9.26. The van der Waals surface area contributed by atoms with E-state index >= 15 is 0 Å². The summed E-state index contributed by atoms with van der Waals surface area (Å²) in [6.07, 6.45) is 0.879. The molecule has 0 aliphatic rings. The Morgan fingerprint density at radius 2 is 1.03 bits per heavy atom. The number of carbonyl (C=O) groups excluding carboxylic acids is 2. The Bertz CT molecular complexity index is 716. The molecule has 29 heavy (non-hydrogen) atoms. The van der Waals surface area contributed by atoms with Crippen LogP contribution >= 0.6 is 11.8 Å². The highest BCUT2D eigenvalue weighted by atomic mass is 32.2. The molecule has 0 aliphatic heterocycles. The molecule has 4 nitrogen and oxygen atoms in total. The van der Waals surface area contributed by atoms with Crippen molar-refractivity contribution in [3.05, 3.63) is 59.7 Å². The van der Waals surface area contributed by atoms with Crippen LogP contribution in [0.5, 0.6) is 0 Å². The molecule has 0 spiro atoms. The fraction of sp³-hybridized carbons (Fsp3) is 0.417. The molecule has 2 aromatic carbocycles. The van der Waals surface area contributed by atoms with Gasteiger partial charge in [0.05, 0.1) is 0 Å². The molecule has 2 rings (SSSR count). The lowest BCUT2D eigenvalue weighted by Gasteiger charge is -2.09. The van der Waals surface area contributed by atoms with Crippen molar-refractivity contribution < 1.29 is 9.59 Å². The van der Waals surface area contributed by atoms with E-state index in [1.54, 1.807) is 11.8 Å². The van der Waals surface area contributed by atoms with E-state index in [1.807, 2.05) is 48.5 Å². The van der Waals surface area contributed by atoms with Crippen LogP contribution in [0.3, 0.4) is 0 Å². The third-order valence-corrected chi connectivity index (χ3v) is 5.65. The third-order valence-electron chi connectivity index (χ3n) is 4.67. The van der Waals surface area contributed by atoms with E-state index in [0.717, 1.165) is 11.4 Å². The van der Waals surface area contributed by atoms with Gasteiger partial charge in [-0.3, -0.25) is 9.59 Å². The average molecular weight is 413 g/mol. The van der Waals surface area contributed by atoms with E-state index in [-0.39, 0.29) is 11.8 Å². The highest BCUT2D eigenvalue weighted by molar-refractivity contribution is 7.99. The molecule has 0 aromatic heterocycles. The van der Waals surface area contributed by atoms with Gasteiger partial charge in [-0.05, 0) is 47.2 Å². The molecule has 0 radical (unpaired) electrons. The zero-order chi connectivity index (χ0) is 21.2. The van der Waals surface area contributed by atoms with Crippen LogP contribution in [0.1, 0.15) is 63.5 Å². The zero-order valence-electron chi connectivity index (χ0n) is 17.8. The van der Waals surface area contributed by atoms with Crippen molar-refractivity contribution in [1.29, 1.82) is 0 Å². The highest BCUT2D eigenvalue weighted by Crippen LogP contribution is 2.18. The van der Waals surface area contributed by atoms with Crippen LogP contribution < -0.4 is 10.6 Å². The van der Waals surface area contributed by atoms with Gasteiger partial charge in [-0.15, -0.1) is 0 Å². The normalized spacial score (nSPS) is 11.0. The first-order chi connectivity index (χ1) is 13.8. The van der Waals surface area contributed by atoms with Crippen LogP contribution in [0.2, 0.25) is 0 Å². The second-order valence-electron chi connectivity index (χ2n) is 7.76. The molecule has 0 bridgehead atoms. The SMILES string of the molecule is CC(C)c1ccc(NC(=O)CCSCCC(=O)Nc2ccc(C(C)C)cc2)cc1. The summed E-state index contributed by atoms with van der Waals surface area (Å²) in [6.45, 7) is 8.59. The second kappa shape index (κ2) is 11.7. The molecule has 5 heteroatoms. The van der Waals surface area contributed by atoms with Crippen molar-refractivity contribution in [1.82, 2.24) is 0 Å². The lowest BCUT2D eigenvalue weighted by atomic mass is 10.0. The molecule has 2 N–H and O–H groups in total. The summed E-state index contributed by atoms with van der Waals surface area (Å²) in [5.41, 5.74) is 4.17. The number of thioether (sulfide) groups is 1. The van der Waals surface area contributed by atoms with Crippen molar-refractivity contribution in [2.24, 2.45) is 0 Å². The minimum Gasteiger partial charge on any atom is -0.326 e. The zero-order valence-corrected chi connectivity index (χ0v) is 18.6. The standard InChI is InChI=1S/C24H32N2O2S/c1-17(2)19-5-9-21(10-6-19)25-23(27)13-15-29-16-14-24(28)26-22-11-7-20(8-12-22)18(3)4/h5-12,17-18H,13-16H2,1-4H3,(H,25,27)(H,26,28). The van der Waals surface area contributed by atoms with Crippen molar-refractivity contribution in [3.8, 4) is 0 Å². The van der Waals surface area contributed by atoms with E-state index in [4.69, 9.17) is 0 Å². The van der Waals surface area contributed by atoms with Crippen molar-refractivity contribution in [2.45, 2.75) is 52.4 Å². The number of nitrogens with one attached hydrogen (secondary N) is 2. The summed E-state index contributed by atoms with van der Waals surface area (Å²) < 4.78 is 0. The largest absolute Gasteiger partial charge is 0.326 e. The number of rotatable bonds is 10. The molecule has 0 heterocycles. The monoisotopic (exact) mass is 412 g/mol. The summed E-state index contributed by atoms with van der Waals surface area (Å²) in [4.78, 5) is 24.1. The molecule has 156 valence electrons. The Labute approximate surface area is 178 Å². The first kappa shape index (κ1) is 23.0. The van der Waals surface area contributed by atoms with Crippen LogP contribution in [0, 0.1) is 0 Å². The second-order valence-corrected chi connectivity index (χ2v) is 8.99. The highest BCUT2D eigenvalue weighted by Gasteiger charge is 2.06. The summed E-state index contributed by atoms with van der Waals surface area (Å²) in [5.74, 6) is 2.37. The molecule has 0 saturated heterocycles. The van der Waals surface area contributed by atoms with E-state index in [1.165, 1.54) is 11.1 Å². The molecule has 0 saturated carbocycles. The molecule has 0 unspecified atom stereocenters. The van der Waals surface area contributed by atoms with Crippen LogP contribution in [0.25, 0.3) is 0 Å². The maximum atomic E-state index is 12.0. The number of carbonyl (C=O) groups is 2. The first-order valence-corrected chi connectivity index (χ1v) is 11.4. The summed E-state index contributed by atoms with van der Waals surface area (Å²) in [7, 11) is 0. The molecule has 0 aliphatic carbocycles. The number of anilines is 2. The Morgan fingerprint density at radius 3 is 1.34 bits per heavy atom. The Balaban J connectivity index is 1.61. The van der Waals surface area contributed by atoms with E-state index in [2.05, 4.69) is 38.3 Å². The molecule has 2 aromatic rings. The average Bonchev–Trinajstić information content (AvgIpc) is 2.68. The van der Waals surface area contributed by atoms with Gasteiger partial charge in [0, 0.05) is 35.7 Å². The smallest absolute Gasteiger partial charge is 0.225 e. The van der Waals surface area contributed by atoms with Crippen LogP contribution in [-0.2, 0) is 9.59 Å². The number of hydrogen-bond donors (Lipinski definition) is 2. The lowest BCUT2D eigenvalue weighted by Crippen LogP contribution is -2.14. The van der Waals surface area contributed by atoms with Gasteiger partial charge < -0.3 is 10.6 Å². The van der Waals surface area contributed by atoms with Gasteiger partial charge in [0.25, 0.3) is 0 Å². The third kappa shape index (κ3) is 8.32. The van der Waals surface area contributed by atoms with E-state index in [0.29, 0.717) is 36.2 Å². The molecular formula is C24H32N2O2S. The lowest BCUT2D eigenvalue weighted by molar-refractivity contribution is -0.116. The first-order valence-electron chi connectivity index (χ1n) is 10.2.